The number of nitrogens with zero attached hydrogens (tertiary/aromatic N) is 2. The van der Waals surface area contributed by atoms with E-state index in [1.54, 1.807) is 43.5 Å². The standard InChI is InChI=1S/C25H21BrN2O5/c1-31-18-10-6-9-17(14-18)27-24(29)21-22(15-11-12-20(32-2)19(26)13-15)28(33-23(21)25(27)30)16-7-4-3-5-8-16/h3-14,21-23H,1-2H3/t21-,22+,23+/m0/s1. The topological polar surface area (TPSA) is 68.3 Å². The van der Waals surface area contributed by atoms with Gasteiger partial charge in [-0.25, -0.2) is 9.96 Å². The second kappa shape index (κ2) is 8.53. The molecule has 0 spiro atoms. The fraction of sp³-hybridized carbons (Fsp3) is 0.200. The van der Waals surface area contributed by atoms with Crippen LogP contribution in [-0.4, -0.2) is 32.1 Å². The Morgan fingerprint density at radius 2 is 1.61 bits per heavy atom. The lowest BCUT2D eigenvalue weighted by atomic mass is 9.90. The molecule has 0 radical (unpaired) electrons. The molecular weight excluding hydrogens is 488 g/mol. The Labute approximate surface area is 199 Å². The van der Waals surface area contributed by atoms with E-state index in [2.05, 4.69) is 15.9 Å². The molecule has 3 atom stereocenters. The number of rotatable bonds is 5. The number of hydroxylamine groups is 1. The van der Waals surface area contributed by atoms with Crippen LogP contribution in [0.3, 0.4) is 0 Å². The highest BCUT2D eigenvalue weighted by Gasteiger charge is 2.60. The van der Waals surface area contributed by atoms with Crippen molar-refractivity contribution in [3.63, 3.8) is 0 Å². The summed E-state index contributed by atoms with van der Waals surface area (Å²) in [6.45, 7) is 0. The number of ether oxygens (including phenoxy) is 2. The highest BCUT2D eigenvalue weighted by atomic mass is 79.9. The summed E-state index contributed by atoms with van der Waals surface area (Å²) in [7, 11) is 3.13. The van der Waals surface area contributed by atoms with Crippen molar-refractivity contribution in [3.05, 3.63) is 82.8 Å². The number of methoxy groups -OCH3 is 2. The van der Waals surface area contributed by atoms with Crippen LogP contribution in [0.2, 0.25) is 0 Å². The first kappa shape index (κ1) is 21.5. The van der Waals surface area contributed by atoms with E-state index in [9.17, 15) is 9.59 Å². The highest BCUT2D eigenvalue weighted by Crippen LogP contribution is 2.48. The molecule has 3 aromatic rings. The smallest absolute Gasteiger partial charge is 0.266 e. The zero-order valence-corrected chi connectivity index (χ0v) is 19.6. The van der Waals surface area contributed by atoms with Gasteiger partial charge in [0.1, 0.15) is 17.4 Å². The quantitative estimate of drug-likeness (QED) is 0.472. The number of fused-ring (bicyclic) bond motifs is 1. The van der Waals surface area contributed by atoms with Crippen LogP contribution < -0.4 is 19.4 Å². The van der Waals surface area contributed by atoms with Gasteiger partial charge in [0.2, 0.25) is 5.91 Å². The van der Waals surface area contributed by atoms with Gasteiger partial charge in [0.25, 0.3) is 5.91 Å². The number of para-hydroxylation sites is 1. The Bertz CT molecular complexity index is 1220. The fourth-order valence-corrected chi connectivity index (χ4v) is 4.98. The van der Waals surface area contributed by atoms with Crippen molar-refractivity contribution in [3.8, 4) is 11.5 Å². The molecule has 2 heterocycles. The molecule has 2 fully saturated rings. The number of hydrogen-bond donors (Lipinski definition) is 0. The third-order valence-corrected chi connectivity index (χ3v) is 6.57. The molecule has 8 heteroatoms. The van der Waals surface area contributed by atoms with E-state index in [0.29, 0.717) is 17.2 Å². The summed E-state index contributed by atoms with van der Waals surface area (Å²) < 4.78 is 11.4. The van der Waals surface area contributed by atoms with Crippen molar-refractivity contribution >= 4 is 39.1 Å². The maximum absolute atomic E-state index is 13.7. The van der Waals surface area contributed by atoms with Crippen molar-refractivity contribution < 1.29 is 23.9 Å². The number of anilines is 2. The van der Waals surface area contributed by atoms with Gasteiger partial charge in [-0.2, -0.15) is 0 Å². The zero-order chi connectivity index (χ0) is 23.1. The summed E-state index contributed by atoms with van der Waals surface area (Å²) in [6.07, 6.45) is -0.935. The lowest BCUT2D eigenvalue weighted by molar-refractivity contribution is -0.126. The van der Waals surface area contributed by atoms with Crippen molar-refractivity contribution in [2.45, 2.75) is 12.1 Å². The Hall–Kier alpha value is -3.36. The number of carbonyl (C=O) groups excluding carboxylic acids is 2. The third kappa shape index (κ3) is 3.55. The summed E-state index contributed by atoms with van der Waals surface area (Å²) >= 11 is 3.53. The van der Waals surface area contributed by atoms with Gasteiger partial charge in [-0.05, 0) is 57.9 Å². The van der Waals surface area contributed by atoms with Crippen LogP contribution in [-0.2, 0) is 14.4 Å². The van der Waals surface area contributed by atoms with E-state index in [-0.39, 0.29) is 5.91 Å². The predicted octanol–water partition coefficient (Wildman–Crippen LogP) is 4.52. The summed E-state index contributed by atoms with van der Waals surface area (Å²) in [4.78, 5) is 34.5. The Morgan fingerprint density at radius 3 is 2.30 bits per heavy atom. The summed E-state index contributed by atoms with van der Waals surface area (Å²) in [5, 5.41) is 1.67. The van der Waals surface area contributed by atoms with Crippen molar-refractivity contribution in [1.29, 1.82) is 0 Å². The Balaban J connectivity index is 1.59. The lowest BCUT2D eigenvalue weighted by Crippen LogP contribution is -2.37. The average molecular weight is 509 g/mol. The molecule has 0 aliphatic carbocycles. The molecule has 0 unspecified atom stereocenters. The fourth-order valence-electron chi connectivity index (χ4n) is 4.42. The summed E-state index contributed by atoms with van der Waals surface area (Å²) in [5.41, 5.74) is 2.05. The molecule has 0 saturated carbocycles. The number of halogens is 1. The number of hydrogen-bond acceptors (Lipinski definition) is 6. The average Bonchev–Trinajstić information content (AvgIpc) is 3.35. The van der Waals surface area contributed by atoms with Gasteiger partial charge in [-0.1, -0.05) is 30.3 Å². The second-order valence-corrected chi connectivity index (χ2v) is 8.62. The molecule has 2 aliphatic heterocycles. The number of imide groups is 1. The largest absolute Gasteiger partial charge is 0.497 e. The number of carbonyl (C=O) groups is 2. The molecule has 0 aromatic heterocycles. The Morgan fingerprint density at radius 1 is 0.848 bits per heavy atom. The zero-order valence-electron chi connectivity index (χ0n) is 18.0. The first-order chi connectivity index (χ1) is 16.0. The lowest BCUT2D eigenvalue weighted by Gasteiger charge is -2.29. The minimum absolute atomic E-state index is 0.311. The van der Waals surface area contributed by atoms with Crippen molar-refractivity contribution in [2.24, 2.45) is 5.92 Å². The van der Waals surface area contributed by atoms with Crippen LogP contribution in [0.5, 0.6) is 11.5 Å². The van der Waals surface area contributed by atoms with Gasteiger partial charge in [-0.3, -0.25) is 14.4 Å². The first-order valence-corrected chi connectivity index (χ1v) is 11.2. The Kier molecular flexibility index (Phi) is 5.55. The molecule has 33 heavy (non-hydrogen) atoms. The molecule has 168 valence electrons. The van der Waals surface area contributed by atoms with Crippen LogP contribution in [0, 0.1) is 5.92 Å². The normalized spacial score (nSPS) is 22.0. The van der Waals surface area contributed by atoms with Gasteiger partial charge in [0, 0.05) is 6.07 Å². The highest BCUT2D eigenvalue weighted by molar-refractivity contribution is 9.10. The monoisotopic (exact) mass is 508 g/mol. The van der Waals surface area contributed by atoms with Crippen LogP contribution in [0.4, 0.5) is 11.4 Å². The maximum Gasteiger partial charge on any atom is 0.266 e. The number of benzene rings is 3. The number of amides is 2. The maximum atomic E-state index is 13.7. The van der Waals surface area contributed by atoms with E-state index in [4.69, 9.17) is 14.3 Å². The predicted molar refractivity (Wildman–Crippen MR) is 126 cm³/mol. The van der Waals surface area contributed by atoms with E-state index < -0.39 is 24.0 Å². The van der Waals surface area contributed by atoms with Crippen LogP contribution in [0.25, 0.3) is 0 Å². The van der Waals surface area contributed by atoms with Crippen LogP contribution >= 0.6 is 15.9 Å². The van der Waals surface area contributed by atoms with Crippen LogP contribution in [0.15, 0.2) is 77.3 Å². The molecular formula is C25H21BrN2O5. The molecule has 2 saturated heterocycles. The molecule has 2 aliphatic rings. The van der Waals surface area contributed by atoms with E-state index in [1.807, 2.05) is 48.5 Å². The van der Waals surface area contributed by atoms with Gasteiger partial charge < -0.3 is 9.47 Å². The van der Waals surface area contributed by atoms with Crippen molar-refractivity contribution in [1.82, 2.24) is 0 Å². The van der Waals surface area contributed by atoms with E-state index in [0.717, 1.165) is 15.7 Å². The minimum Gasteiger partial charge on any atom is -0.497 e. The van der Waals surface area contributed by atoms with Gasteiger partial charge in [0.15, 0.2) is 6.10 Å². The summed E-state index contributed by atoms with van der Waals surface area (Å²) in [5.74, 6) is -0.188. The molecule has 0 N–H and O–H groups in total. The van der Waals surface area contributed by atoms with Crippen molar-refractivity contribution in [2.75, 3.05) is 24.2 Å². The molecule has 0 bridgehead atoms. The SMILES string of the molecule is COc1cccc(N2C(=O)[C@H]3[C@@H](c4ccc(OC)c(Br)c4)N(c4ccccc4)O[C@H]3C2=O)c1. The van der Waals surface area contributed by atoms with Gasteiger partial charge in [-0.15, -0.1) is 0 Å². The van der Waals surface area contributed by atoms with E-state index in [1.165, 1.54) is 4.90 Å². The van der Waals surface area contributed by atoms with Gasteiger partial charge >= 0.3 is 0 Å². The summed E-state index contributed by atoms with van der Waals surface area (Å²) in [6, 6.07) is 21.5. The molecule has 3 aromatic carbocycles. The van der Waals surface area contributed by atoms with Gasteiger partial charge in [0.05, 0.1) is 36.1 Å². The second-order valence-electron chi connectivity index (χ2n) is 7.77. The first-order valence-electron chi connectivity index (χ1n) is 10.4. The third-order valence-electron chi connectivity index (χ3n) is 5.95. The van der Waals surface area contributed by atoms with Crippen LogP contribution in [0.1, 0.15) is 11.6 Å². The minimum atomic E-state index is -0.935. The molecule has 7 nitrogen and oxygen atoms in total. The van der Waals surface area contributed by atoms with E-state index >= 15 is 0 Å². The molecule has 2 amide bonds. The molecule has 5 rings (SSSR count).